The fourth-order valence-corrected chi connectivity index (χ4v) is 0.0815. The van der Waals surface area contributed by atoms with Crippen LogP contribution in [-0.4, -0.2) is 23.2 Å². The molecule has 52 valence electrons. The maximum Gasteiger partial charge on any atom is 0.200 e. The van der Waals surface area contributed by atoms with Crippen LogP contribution in [0.3, 0.4) is 0 Å². The summed E-state index contributed by atoms with van der Waals surface area (Å²) in [6, 6.07) is 0. The van der Waals surface area contributed by atoms with Crippen LogP contribution in [0.25, 0.3) is 0 Å². The Bertz CT molecular complexity index is 108. The molecule has 0 aliphatic rings. The lowest BCUT2D eigenvalue weighted by Gasteiger charge is -2.03. The van der Waals surface area contributed by atoms with Crippen LogP contribution >= 0.6 is 0 Å². The van der Waals surface area contributed by atoms with Gasteiger partial charge in [-0.3, -0.25) is 10.4 Å². The average molecular weight is 136 g/mol. The largest absolute Gasteiger partial charge is 0.259 e. The Morgan fingerprint density at radius 1 is 1.00 bits per heavy atom. The van der Waals surface area contributed by atoms with Crippen LogP contribution in [0, 0.1) is 10.4 Å². The van der Waals surface area contributed by atoms with E-state index < -0.39 is 0 Å². The third-order valence-electron chi connectivity index (χ3n) is 0.227. The second kappa shape index (κ2) is 3.50. The predicted octanol–water partition coefficient (Wildman–Crippen LogP) is -0.882. The Kier molecular flexibility index (Phi) is 2.91. The number of nitrogens with zero attached hydrogens (tertiary/aromatic N) is 2. The zero-order valence-electron chi connectivity index (χ0n) is 4.35. The first-order chi connectivity index (χ1) is 4.13. The van der Waals surface area contributed by atoms with Crippen LogP contribution in [0.1, 0.15) is 0 Å². The molecule has 0 amide bonds. The van der Waals surface area contributed by atoms with E-state index in [1.165, 1.54) is 0 Å². The first-order valence-corrected chi connectivity index (χ1v) is 1.70. The molecule has 0 atom stereocenters. The Morgan fingerprint density at radius 2 is 1.33 bits per heavy atom. The Hall–Kier alpha value is -1.50. The van der Waals surface area contributed by atoms with Crippen molar-refractivity contribution in [3.05, 3.63) is 10.4 Å². The van der Waals surface area contributed by atoms with Gasteiger partial charge in [0, 0.05) is 0 Å². The van der Waals surface area contributed by atoms with Crippen molar-refractivity contribution >= 4 is 13.4 Å². The molecule has 0 aliphatic heterocycles. The zero-order valence-corrected chi connectivity index (χ0v) is 4.35. The Labute approximate surface area is 49.9 Å². The van der Waals surface area contributed by atoms with Gasteiger partial charge >= 0.3 is 0 Å². The van der Waals surface area contributed by atoms with Gasteiger partial charge in [-0.15, -0.1) is 0 Å². The van der Waals surface area contributed by atoms with Gasteiger partial charge < -0.3 is 0 Å². The first kappa shape index (κ1) is 7.50. The van der Waals surface area contributed by atoms with Crippen molar-refractivity contribution in [1.29, 1.82) is 0 Å². The molecule has 0 aromatic heterocycles. The van der Waals surface area contributed by atoms with Gasteiger partial charge in [0.2, 0.25) is 0 Å². The zero-order chi connectivity index (χ0) is 7.28. The molecular weight excluding hydrogens is 132 g/mol. The molecule has 7 nitrogen and oxygen atoms in total. The van der Waals surface area contributed by atoms with Crippen molar-refractivity contribution in [2.24, 2.45) is 0 Å². The van der Waals surface area contributed by atoms with Gasteiger partial charge in [0.05, 0.1) is 9.80 Å². The third kappa shape index (κ3) is 6.50. The van der Waals surface area contributed by atoms with E-state index in [-0.39, 0.29) is 9.80 Å². The van der Waals surface area contributed by atoms with Crippen molar-refractivity contribution in [2.75, 3.05) is 0 Å². The van der Waals surface area contributed by atoms with E-state index in [4.69, 9.17) is 0 Å². The van der Waals surface area contributed by atoms with Crippen LogP contribution in [-0.2, 0) is 15.0 Å². The number of hydrogen-bond donors (Lipinski definition) is 0. The van der Waals surface area contributed by atoms with Crippen molar-refractivity contribution in [2.45, 2.75) is 0 Å². The molecule has 0 aromatic rings. The highest BCUT2D eigenvalue weighted by Gasteiger charge is 1.83. The molecule has 0 N–H and O–H groups in total. The van der Waals surface area contributed by atoms with Gasteiger partial charge in [-0.2, -0.15) is 0 Å². The molecule has 0 rings (SSSR count). The van der Waals surface area contributed by atoms with Crippen molar-refractivity contribution in [1.82, 2.24) is 0 Å². The molecule has 7 heteroatoms. The minimum Gasteiger partial charge on any atom is -0.259 e. The molecule has 0 heterocycles. The molecule has 0 aromatic carbocycles. The molecule has 0 fully saturated rings. The summed E-state index contributed by atoms with van der Waals surface area (Å²) in [4.78, 5) is 6.43. The Morgan fingerprint density at radius 3 is 1.56 bits per heavy atom. The first-order valence-electron chi connectivity index (χ1n) is 1.70. The summed E-state index contributed by atoms with van der Waals surface area (Å²) in [7, 11) is 0. The summed E-state index contributed by atoms with van der Waals surface area (Å²) in [5.41, 5.74) is 0. The molecule has 9 heavy (non-hydrogen) atoms. The van der Waals surface area contributed by atoms with E-state index >= 15 is 0 Å². The molecule has 0 unspecified atom stereocenters. The molecule has 0 aliphatic carbocycles. The highest BCUT2D eigenvalue weighted by molar-refractivity contribution is 5.13. The van der Waals surface area contributed by atoms with E-state index in [1.54, 1.807) is 0 Å². The van der Waals surface area contributed by atoms with Gasteiger partial charge in [0.1, 0.15) is 0 Å². The smallest absolute Gasteiger partial charge is 0.200 e. The number of hydrogen-bond acceptors (Lipinski definition) is 5. The molecule has 0 spiro atoms. The van der Waals surface area contributed by atoms with Crippen molar-refractivity contribution < 1.29 is 24.8 Å². The minimum absolute atomic E-state index is 0.302. The molecule has 0 radical (unpaired) electrons. The fourth-order valence-electron chi connectivity index (χ4n) is 0.0815. The second-order valence-corrected chi connectivity index (χ2v) is 0.883. The molecule has 0 saturated heterocycles. The predicted molar refractivity (Wildman–Crippen MR) is 24.8 cm³/mol. The average Bonchev–Trinajstić information content (AvgIpc) is 1.63. The van der Waals surface area contributed by atoms with Crippen molar-refractivity contribution in [3.63, 3.8) is 0 Å². The third-order valence-corrected chi connectivity index (χ3v) is 0.227. The van der Waals surface area contributed by atoms with Gasteiger partial charge in [-0.25, -0.2) is 9.98 Å². The summed E-state index contributed by atoms with van der Waals surface area (Å²) in [6.07, 6.45) is 0. The lowest BCUT2D eigenvalue weighted by atomic mass is 11.7. The standard InChI is InChI=1S/C2H4N2O5/c1-3(5)7-9-8-4(2)6/h1-2H2. The summed E-state index contributed by atoms with van der Waals surface area (Å²) in [5, 5.41) is 22.8. The van der Waals surface area contributed by atoms with Crippen LogP contribution in [0.15, 0.2) is 0 Å². The fraction of sp³-hybridized carbons (Fsp3) is 0. The van der Waals surface area contributed by atoms with Crippen LogP contribution in [0.5, 0.6) is 0 Å². The number of rotatable bonds is 4. The van der Waals surface area contributed by atoms with Crippen molar-refractivity contribution in [3.8, 4) is 0 Å². The van der Waals surface area contributed by atoms with Crippen LogP contribution in [0.4, 0.5) is 0 Å². The van der Waals surface area contributed by atoms with E-state index in [0.29, 0.717) is 0 Å². The molecule has 0 saturated carbocycles. The Balaban J connectivity index is 3.10. The summed E-state index contributed by atoms with van der Waals surface area (Å²) in [6.45, 7) is 5.29. The maximum absolute atomic E-state index is 9.66. The molecular formula is C2H4N2O5. The normalized spacial score (nSPS) is 8.00. The molecule has 0 bridgehead atoms. The second-order valence-electron chi connectivity index (χ2n) is 0.883. The van der Waals surface area contributed by atoms with Gasteiger partial charge in [0.15, 0.2) is 13.4 Å². The SMILES string of the molecule is C=[N+]([O-])OOO[N+](=C)[O-]. The quantitative estimate of drug-likeness (QED) is 0.217. The summed E-state index contributed by atoms with van der Waals surface area (Å²) >= 11 is 0. The summed E-state index contributed by atoms with van der Waals surface area (Å²) < 4.78 is 0. The summed E-state index contributed by atoms with van der Waals surface area (Å²) in [5.74, 6) is 0. The lowest BCUT2D eigenvalue weighted by Crippen LogP contribution is -2.08. The van der Waals surface area contributed by atoms with Gasteiger partial charge in [0.25, 0.3) is 0 Å². The maximum atomic E-state index is 9.66. The minimum atomic E-state index is -0.302. The highest BCUT2D eigenvalue weighted by atomic mass is 17.6. The topological polar surface area (TPSA) is 79.8 Å². The van der Waals surface area contributed by atoms with E-state index in [9.17, 15) is 10.4 Å². The van der Waals surface area contributed by atoms with E-state index in [0.717, 1.165) is 0 Å². The van der Waals surface area contributed by atoms with Gasteiger partial charge in [-0.1, -0.05) is 5.04 Å². The lowest BCUT2D eigenvalue weighted by molar-refractivity contribution is -0.973. The van der Waals surface area contributed by atoms with Gasteiger partial charge in [-0.05, 0) is 0 Å². The van der Waals surface area contributed by atoms with Crippen LogP contribution in [0.2, 0.25) is 0 Å². The monoisotopic (exact) mass is 136 g/mol. The van der Waals surface area contributed by atoms with Crippen LogP contribution < -0.4 is 0 Å². The van der Waals surface area contributed by atoms with E-state index in [1.807, 2.05) is 0 Å². The highest BCUT2D eigenvalue weighted by Crippen LogP contribution is 1.78. The van der Waals surface area contributed by atoms with E-state index in [2.05, 4.69) is 28.4 Å².